The number of carboxylic acids is 1. The topological polar surface area (TPSA) is 95.9 Å². The molecule has 34 heavy (non-hydrogen) atoms. The minimum atomic E-state index is -0.991. The zero-order valence-corrected chi connectivity index (χ0v) is 18.9. The lowest BCUT2D eigenvalue weighted by Crippen LogP contribution is -2.45. The van der Waals surface area contributed by atoms with Crippen LogP contribution in [0.4, 0.5) is 4.39 Å². The normalized spacial score (nSPS) is 20.7. The van der Waals surface area contributed by atoms with E-state index in [2.05, 4.69) is 5.32 Å². The van der Waals surface area contributed by atoms with Gasteiger partial charge in [0, 0.05) is 12.1 Å². The average molecular weight is 469 g/mol. The lowest BCUT2D eigenvalue weighted by Gasteiger charge is -2.27. The molecule has 1 saturated carbocycles. The number of hydrogen-bond donors (Lipinski definition) is 2. The van der Waals surface area contributed by atoms with Crippen molar-refractivity contribution in [2.24, 2.45) is 11.8 Å². The highest BCUT2D eigenvalue weighted by Gasteiger charge is 2.42. The van der Waals surface area contributed by atoms with Crippen LogP contribution in [0.1, 0.15) is 48.9 Å². The Morgan fingerprint density at radius 3 is 2.18 bits per heavy atom. The number of ether oxygens (including phenoxy) is 1. The molecule has 0 bridgehead atoms. The van der Waals surface area contributed by atoms with Gasteiger partial charge in [-0.1, -0.05) is 32.1 Å². The predicted molar refractivity (Wildman–Crippen MR) is 123 cm³/mol. The maximum atomic E-state index is 13.0. The number of hydrogen-bond acceptors (Lipinski definition) is 4. The standard InChI is InChI=1S/C26H29FN2O5/c27-20-8-12-22(13-9-20)34-21-10-6-18(7-11-21)25(31)28-15-24(30)29-16-19(14-23(29)26(32)33)17-4-2-1-3-5-17/h6-13,17,19,23H,1-5,14-16H2,(H,28,31)(H,32,33)/t19-,23-/m0/s1. The van der Waals surface area contributed by atoms with Crippen LogP contribution >= 0.6 is 0 Å². The van der Waals surface area contributed by atoms with Crippen LogP contribution in [-0.4, -0.2) is 46.9 Å². The van der Waals surface area contributed by atoms with Crippen molar-refractivity contribution >= 4 is 17.8 Å². The van der Waals surface area contributed by atoms with Gasteiger partial charge in [0.2, 0.25) is 5.91 Å². The van der Waals surface area contributed by atoms with Crippen molar-refractivity contribution in [3.8, 4) is 11.5 Å². The van der Waals surface area contributed by atoms with Crippen LogP contribution in [-0.2, 0) is 9.59 Å². The van der Waals surface area contributed by atoms with Gasteiger partial charge in [-0.25, -0.2) is 9.18 Å². The molecule has 2 aromatic carbocycles. The van der Waals surface area contributed by atoms with E-state index in [0.29, 0.717) is 35.9 Å². The van der Waals surface area contributed by atoms with Crippen LogP contribution < -0.4 is 10.1 Å². The summed E-state index contributed by atoms with van der Waals surface area (Å²) in [5.41, 5.74) is 0.343. The van der Waals surface area contributed by atoms with Gasteiger partial charge in [0.15, 0.2) is 0 Å². The molecule has 1 aliphatic heterocycles. The number of nitrogens with one attached hydrogen (secondary N) is 1. The molecule has 0 radical (unpaired) electrons. The van der Waals surface area contributed by atoms with Crippen molar-refractivity contribution in [1.29, 1.82) is 0 Å². The SMILES string of the molecule is O=C(NCC(=O)N1C[C@@H](C2CCCCC2)C[C@H]1C(=O)O)c1ccc(Oc2ccc(F)cc2)cc1. The molecule has 8 heteroatoms. The van der Waals surface area contributed by atoms with Crippen LogP contribution in [0.5, 0.6) is 11.5 Å². The van der Waals surface area contributed by atoms with Crippen LogP contribution in [0.15, 0.2) is 48.5 Å². The molecule has 2 amide bonds. The first-order valence-electron chi connectivity index (χ1n) is 11.7. The molecular formula is C26H29FN2O5. The number of likely N-dealkylation sites (tertiary alicyclic amines) is 1. The molecule has 0 unspecified atom stereocenters. The summed E-state index contributed by atoms with van der Waals surface area (Å²) >= 11 is 0. The van der Waals surface area contributed by atoms with Crippen molar-refractivity contribution in [2.75, 3.05) is 13.1 Å². The zero-order chi connectivity index (χ0) is 24.1. The highest BCUT2D eigenvalue weighted by molar-refractivity contribution is 5.97. The molecule has 7 nitrogen and oxygen atoms in total. The molecule has 1 heterocycles. The van der Waals surface area contributed by atoms with Crippen LogP contribution in [0, 0.1) is 17.7 Å². The van der Waals surface area contributed by atoms with E-state index >= 15 is 0 Å². The fourth-order valence-corrected chi connectivity index (χ4v) is 5.00. The molecule has 2 fully saturated rings. The minimum Gasteiger partial charge on any atom is -0.480 e. The first-order chi connectivity index (χ1) is 16.4. The molecule has 2 N–H and O–H groups in total. The van der Waals surface area contributed by atoms with Crippen molar-refractivity contribution in [3.05, 3.63) is 59.9 Å². The van der Waals surface area contributed by atoms with Gasteiger partial charge in [0.1, 0.15) is 23.4 Å². The second-order valence-corrected chi connectivity index (χ2v) is 9.06. The van der Waals surface area contributed by atoms with Gasteiger partial charge in [-0.3, -0.25) is 9.59 Å². The highest BCUT2D eigenvalue weighted by Crippen LogP contribution is 2.37. The molecule has 2 aromatic rings. The monoisotopic (exact) mass is 468 g/mol. The van der Waals surface area contributed by atoms with Gasteiger partial charge in [-0.2, -0.15) is 0 Å². The minimum absolute atomic E-state index is 0.203. The maximum Gasteiger partial charge on any atom is 0.326 e. The van der Waals surface area contributed by atoms with Gasteiger partial charge < -0.3 is 20.1 Å². The number of halogens is 1. The fourth-order valence-electron chi connectivity index (χ4n) is 5.00. The van der Waals surface area contributed by atoms with Gasteiger partial charge in [0.25, 0.3) is 5.91 Å². The summed E-state index contributed by atoms with van der Waals surface area (Å²) in [5.74, 6) is -0.541. The third kappa shape index (κ3) is 5.73. The first kappa shape index (κ1) is 23.7. The van der Waals surface area contributed by atoms with Crippen molar-refractivity contribution in [1.82, 2.24) is 10.2 Å². The third-order valence-electron chi connectivity index (χ3n) is 6.82. The summed E-state index contributed by atoms with van der Waals surface area (Å²) < 4.78 is 18.6. The Morgan fingerprint density at radius 1 is 0.941 bits per heavy atom. The Balaban J connectivity index is 1.31. The maximum absolute atomic E-state index is 13.0. The molecule has 0 aromatic heterocycles. The Bertz CT molecular complexity index is 1020. The largest absolute Gasteiger partial charge is 0.480 e. The number of nitrogens with zero attached hydrogens (tertiary/aromatic N) is 1. The van der Waals surface area contributed by atoms with Crippen LogP contribution in [0.3, 0.4) is 0 Å². The second kappa shape index (κ2) is 10.7. The van der Waals surface area contributed by atoms with E-state index in [1.807, 2.05) is 0 Å². The summed E-state index contributed by atoms with van der Waals surface area (Å²) in [6.07, 6.45) is 6.22. The number of rotatable bonds is 7. The lowest BCUT2D eigenvalue weighted by molar-refractivity contribution is -0.147. The number of amides is 2. The molecule has 4 rings (SSSR count). The van der Waals surface area contributed by atoms with Crippen molar-refractivity contribution < 1.29 is 28.6 Å². The van der Waals surface area contributed by atoms with Gasteiger partial charge in [0.05, 0.1) is 6.54 Å². The quantitative estimate of drug-likeness (QED) is 0.634. The number of aliphatic carboxylic acids is 1. The number of benzene rings is 2. The summed E-state index contributed by atoms with van der Waals surface area (Å²) in [5, 5.41) is 12.2. The average Bonchev–Trinajstić information content (AvgIpc) is 3.31. The van der Waals surface area contributed by atoms with E-state index in [1.54, 1.807) is 24.3 Å². The summed E-state index contributed by atoms with van der Waals surface area (Å²) in [7, 11) is 0. The number of carboxylic acid groups (broad SMARTS) is 1. The second-order valence-electron chi connectivity index (χ2n) is 9.06. The van der Waals surface area contributed by atoms with E-state index < -0.39 is 17.9 Å². The number of carbonyl (C=O) groups is 3. The summed E-state index contributed by atoms with van der Waals surface area (Å²) in [4.78, 5) is 38.5. The molecule has 2 aliphatic rings. The smallest absolute Gasteiger partial charge is 0.326 e. The Kier molecular flexibility index (Phi) is 7.45. The Morgan fingerprint density at radius 2 is 1.56 bits per heavy atom. The lowest BCUT2D eigenvalue weighted by atomic mass is 9.79. The molecule has 1 aliphatic carbocycles. The van der Waals surface area contributed by atoms with Crippen LogP contribution in [0.25, 0.3) is 0 Å². The van der Waals surface area contributed by atoms with E-state index in [0.717, 1.165) is 25.7 Å². The van der Waals surface area contributed by atoms with E-state index in [4.69, 9.17) is 4.74 Å². The number of carbonyl (C=O) groups excluding carboxylic acids is 2. The molecule has 1 saturated heterocycles. The molecule has 2 atom stereocenters. The van der Waals surface area contributed by atoms with Crippen molar-refractivity contribution in [3.63, 3.8) is 0 Å². The molecule has 180 valence electrons. The van der Waals surface area contributed by atoms with E-state index in [1.165, 1.54) is 35.6 Å². The Labute approximate surface area is 197 Å². The van der Waals surface area contributed by atoms with Gasteiger partial charge in [-0.15, -0.1) is 0 Å². The summed E-state index contributed by atoms with van der Waals surface area (Å²) in [6, 6.07) is 11.1. The third-order valence-corrected chi connectivity index (χ3v) is 6.82. The molecular weight excluding hydrogens is 439 g/mol. The Hall–Kier alpha value is -3.42. The first-order valence-corrected chi connectivity index (χ1v) is 11.7. The fraction of sp³-hybridized carbons (Fsp3) is 0.423. The van der Waals surface area contributed by atoms with Crippen LogP contribution in [0.2, 0.25) is 0 Å². The van der Waals surface area contributed by atoms with Gasteiger partial charge >= 0.3 is 5.97 Å². The predicted octanol–water partition coefficient (Wildman–Crippen LogP) is 4.23. The van der Waals surface area contributed by atoms with Gasteiger partial charge in [-0.05, 0) is 66.8 Å². The highest BCUT2D eigenvalue weighted by atomic mass is 19.1. The van der Waals surface area contributed by atoms with E-state index in [9.17, 15) is 23.9 Å². The zero-order valence-electron chi connectivity index (χ0n) is 18.9. The van der Waals surface area contributed by atoms with Crippen molar-refractivity contribution in [2.45, 2.75) is 44.6 Å². The molecule has 0 spiro atoms. The summed E-state index contributed by atoms with van der Waals surface area (Å²) in [6.45, 7) is 0.180. The van der Waals surface area contributed by atoms with E-state index in [-0.39, 0.29) is 24.2 Å².